The number of carbonyl (C=O) groups is 1. The van der Waals surface area contributed by atoms with E-state index in [0.717, 1.165) is 6.07 Å². The number of amides is 1. The normalized spacial score (nSPS) is 13.9. The summed E-state index contributed by atoms with van der Waals surface area (Å²) in [6, 6.07) is 3.67. The van der Waals surface area contributed by atoms with Crippen molar-refractivity contribution in [1.82, 2.24) is 14.9 Å². The summed E-state index contributed by atoms with van der Waals surface area (Å²) < 4.78 is 13.3. The van der Waals surface area contributed by atoms with Gasteiger partial charge in [-0.05, 0) is 24.6 Å². The third-order valence-electron chi connectivity index (χ3n) is 3.46. The first kappa shape index (κ1) is 13.8. The number of hydrogen-bond acceptors (Lipinski definition) is 3. The van der Waals surface area contributed by atoms with Gasteiger partial charge in [0.05, 0.1) is 29.2 Å². The van der Waals surface area contributed by atoms with Gasteiger partial charge < -0.3 is 9.88 Å². The molecule has 1 N–H and O–H groups in total. The van der Waals surface area contributed by atoms with E-state index in [4.69, 9.17) is 11.6 Å². The summed E-state index contributed by atoms with van der Waals surface area (Å²) in [5.74, 6) is -0.887. The monoisotopic (exact) mass is 307 g/mol. The van der Waals surface area contributed by atoms with Gasteiger partial charge in [0.1, 0.15) is 5.82 Å². The third-order valence-corrected chi connectivity index (χ3v) is 3.79. The molecule has 7 heteroatoms. The molecule has 1 aliphatic heterocycles. The minimum atomic E-state index is -0.519. The van der Waals surface area contributed by atoms with Crippen LogP contribution in [0.4, 0.5) is 4.39 Å². The van der Waals surface area contributed by atoms with Crippen LogP contribution in [0.3, 0.4) is 0 Å². The highest BCUT2D eigenvalue weighted by atomic mass is 35.5. The molecule has 0 fully saturated rings. The van der Waals surface area contributed by atoms with E-state index in [-0.39, 0.29) is 28.6 Å². The number of carbonyl (C=O) groups excluding carboxylic acids is 1. The largest absolute Gasteiger partial charge is 0.332 e. The van der Waals surface area contributed by atoms with Gasteiger partial charge in [0, 0.05) is 12.1 Å². The lowest BCUT2D eigenvalue weighted by atomic mass is 10.1. The second-order valence-electron chi connectivity index (χ2n) is 4.76. The zero-order valence-corrected chi connectivity index (χ0v) is 11.7. The van der Waals surface area contributed by atoms with Crippen LogP contribution < -0.4 is 5.56 Å². The molecule has 0 spiro atoms. The molecule has 1 aliphatic rings. The van der Waals surface area contributed by atoms with Crippen molar-refractivity contribution in [3.63, 3.8) is 0 Å². The summed E-state index contributed by atoms with van der Waals surface area (Å²) in [6.45, 7) is 0.582. The molecular weight excluding hydrogens is 297 g/mol. The number of rotatable bonds is 1. The van der Waals surface area contributed by atoms with Crippen molar-refractivity contribution in [1.29, 1.82) is 0 Å². The van der Waals surface area contributed by atoms with Gasteiger partial charge in [0.2, 0.25) is 0 Å². The standard InChI is InChI=1S/C14H11ClFN3O2/c15-11-2-1-8(16)5-10(11)14(21)19-4-3-9-12(6-19)17-7-18-13(9)20/h1-2,5,7H,3-4,6H2,(H,17,18,20). The van der Waals surface area contributed by atoms with Gasteiger partial charge in [-0.25, -0.2) is 9.37 Å². The van der Waals surface area contributed by atoms with Gasteiger partial charge in [0.25, 0.3) is 11.5 Å². The smallest absolute Gasteiger partial charge is 0.255 e. The molecule has 1 aromatic heterocycles. The number of nitrogens with one attached hydrogen (secondary N) is 1. The fourth-order valence-electron chi connectivity index (χ4n) is 2.37. The van der Waals surface area contributed by atoms with Crippen molar-refractivity contribution in [2.45, 2.75) is 13.0 Å². The van der Waals surface area contributed by atoms with E-state index in [1.807, 2.05) is 0 Å². The van der Waals surface area contributed by atoms with Gasteiger partial charge in [-0.3, -0.25) is 9.59 Å². The first-order chi connectivity index (χ1) is 10.1. The van der Waals surface area contributed by atoms with Crippen LogP contribution in [0.2, 0.25) is 5.02 Å². The maximum atomic E-state index is 13.3. The zero-order chi connectivity index (χ0) is 15.0. The number of nitrogens with zero attached hydrogens (tertiary/aromatic N) is 2. The van der Waals surface area contributed by atoms with E-state index in [0.29, 0.717) is 24.2 Å². The Bertz CT molecular complexity index is 775. The summed E-state index contributed by atoms with van der Waals surface area (Å²) in [7, 11) is 0. The molecule has 1 amide bonds. The lowest BCUT2D eigenvalue weighted by Gasteiger charge is -2.27. The molecule has 0 unspecified atom stereocenters. The van der Waals surface area contributed by atoms with Crippen LogP contribution in [0.5, 0.6) is 0 Å². The molecule has 0 atom stereocenters. The number of aromatic nitrogens is 2. The number of aromatic amines is 1. The van der Waals surface area contributed by atoms with Crippen molar-refractivity contribution in [2.24, 2.45) is 0 Å². The molecule has 0 aliphatic carbocycles. The highest BCUT2D eigenvalue weighted by molar-refractivity contribution is 6.33. The van der Waals surface area contributed by atoms with Crippen molar-refractivity contribution in [3.05, 3.63) is 62.5 Å². The summed E-state index contributed by atoms with van der Waals surface area (Å²) >= 11 is 5.95. The Balaban J connectivity index is 1.91. The summed E-state index contributed by atoms with van der Waals surface area (Å²) in [4.78, 5) is 32.2. The first-order valence-electron chi connectivity index (χ1n) is 6.36. The van der Waals surface area contributed by atoms with Crippen LogP contribution >= 0.6 is 11.6 Å². The minimum absolute atomic E-state index is 0.116. The van der Waals surface area contributed by atoms with Crippen LogP contribution in [0, 0.1) is 5.82 Å². The Morgan fingerprint density at radius 3 is 3.05 bits per heavy atom. The van der Waals surface area contributed by atoms with Crippen LogP contribution in [-0.2, 0) is 13.0 Å². The maximum Gasteiger partial charge on any atom is 0.255 e. The topological polar surface area (TPSA) is 66.1 Å². The van der Waals surface area contributed by atoms with E-state index in [1.165, 1.54) is 23.4 Å². The highest BCUT2D eigenvalue weighted by Gasteiger charge is 2.25. The molecular formula is C14H11ClFN3O2. The van der Waals surface area contributed by atoms with Gasteiger partial charge in [-0.2, -0.15) is 0 Å². The molecule has 1 aromatic carbocycles. The number of fused-ring (bicyclic) bond motifs is 1. The second kappa shape index (κ2) is 5.29. The van der Waals surface area contributed by atoms with E-state index < -0.39 is 5.82 Å². The summed E-state index contributed by atoms with van der Waals surface area (Å²) in [5, 5.41) is 0.200. The second-order valence-corrected chi connectivity index (χ2v) is 5.16. The van der Waals surface area contributed by atoms with E-state index in [9.17, 15) is 14.0 Å². The molecule has 2 heterocycles. The van der Waals surface area contributed by atoms with Gasteiger partial charge >= 0.3 is 0 Å². The Hall–Kier alpha value is -2.21. The number of hydrogen-bond donors (Lipinski definition) is 1. The predicted octanol–water partition coefficient (Wildman–Crippen LogP) is 1.76. The van der Waals surface area contributed by atoms with Crippen molar-refractivity contribution >= 4 is 17.5 Å². The molecule has 21 heavy (non-hydrogen) atoms. The van der Waals surface area contributed by atoms with Crippen LogP contribution in [-0.4, -0.2) is 27.3 Å². The highest BCUT2D eigenvalue weighted by Crippen LogP contribution is 2.22. The van der Waals surface area contributed by atoms with Gasteiger partial charge in [-0.15, -0.1) is 0 Å². The lowest BCUT2D eigenvalue weighted by molar-refractivity contribution is 0.0731. The Morgan fingerprint density at radius 2 is 2.24 bits per heavy atom. The third kappa shape index (κ3) is 2.54. The number of halogens is 2. The molecule has 0 bridgehead atoms. The fourth-order valence-corrected chi connectivity index (χ4v) is 2.57. The zero-order valence-electron chi connectivity index (χ0n) is 10.9. The Labute approximate surface area is 124 Å². The van der Waals surface area contributed by atoms with Gasteiger partial charge in [-0.1, -0.05) is 11.6 Å². The van der Waals surface area contributed by atoms with Crippen LogP contribution in [0.1, 0.15) is 21.6 Å². The lowest BCUT2D eigenvalue weighted by Crippen LogP contribution is -2.39. The molecule has 2 aromatic rings. The summed E-state index contributed by atoms with van der Waals surface area (Å²) in [5.41, 5.74) is 1.08. The molecule has 0 saturated carbocycles. The van der Waals surface area contributed by atoms with Crippen LogP contribution in [0.15, 0.2) is 29.3 Å². The maximum absolute atomic E-state index is 13.3. The van der Waals surface area contributed by atoms with E-state index in [2.05, 4.69) is 9.97 Å². The first-order valence-corrected chi connectivity index (χ1v) is 6.74. The van der Waals surface area contributed by atoms with Crippen molar-refractivity contribution in [2.75, 3.05) is 6.54 Å². The molecule has 0 radical (unpaired) electrons. The Kier molecular flexibility index (Phi) is 3.47. The average molecular weight is 308 g/mol. The quantitative estimate of drug-likeness (QED) is 0.873. The number of H-pyrrole nitrogens is 1. The van der Waals surface area contributed by atoms with Crippen molar-refractivity contribution < 1.29 is 9.18 Å². The van der Waals surface area contributed by atoms with Crippen LogP contribution in [0.25, 0.3) is 0 Å². The number of benzene rings is 1. The van der Waals surface area contributed by atoms with Crippen molar-refractivity contribution in [3.8, 4) is 0 Å². The molecule has 5 nitrogen and oxygen atoms in total. The SMILES string of the molecule is O=C(c1cc(F)ccc1Cl)N1CCc2c(nc[nH]c2=O)C1. The predicted molar refractivity (Wildman–Crippen MR) is 74.7 cm³/mol. The average Bonchev–Trinajstić information content (AvgIpc) is 2.49. The Morgan fingerprint density at radius 1 is 1.43 bits per heavy atom. The van der Waals surface area contributed by atoms with E-state index in [1.54, 1.807) is 0 Å². The molecule has 0 saturated heterocycles. The minimum Gasteiger partial charge on any atom is -0.332 e. The summed E-state index contributed by atoms with van der Waals surface area (Å²) in [6.07, 6.45) is 1.72. The molecule has 108 valence electrons. The van der Waals surface area contributed by atoms with E-state index >= 15 is 0 Å². The fraction of sp³-hybridized carbons (Fsp3) is 0.214. The van der Waals surface area contributed by atoms with Gasteiger partial charge in [0.15, 0.2) is 0 Å². The molecule has 3 rings (SSSR count).